The number of nitrogens with one attached hydrogen (secondary N) is 2. The maximum Gasteiger partial charge on any atom is 0.251 e. The van der Waals surface area contributed by atoms with Gasteiger partial charge < -0.3 is 15.4 Å². The highest BCUT2D eigenvalue weighted by Crippen LogP contribution is 2.22. The van der Waals surface area contributed by atoms with Crippen molar-refractivity contribution in [1.82, 2.24) is 10.6 Å². The highest BCUT2D eigenvalue weighted by molar-refractivity contribution is 9.10. The molecule has 0 aliphatic rings. The van der Waals surface area contributed by atoms with Gasteiger partial charge in [-0.25, -0.2) is 0 Å². The van der Waals surface area contributed by atoms with Gasteiger partial charge in [-0.3, -0.25) is 9.59 Å². The molecule has 0 aromatic heterocycles. The van der Waals surface area contributed by atoms with Crippen molar-refractivity contribution in [2.75, 3.05) is 13.2 Å². The van der Waals surface area contributed by atoms with E-state index in [0.717, 1.165) is 28.6 Å². The van der Waals surface area contributed by atoms with Crippen LogP contribution < -0.4 is 15.4 Å². The molecule has 0 saturated heterocycles. The fourth-order valence-corrected chi connectivity index (χ4v) is 3.12. The standard InChI is InChI=1S/C21H25BrN2O3/c1-3-4-13-27-17-11-9-16(10-12-17)21(26)23-14-20(25)24-15(2)18-7-5-6-8-19(18)22/h5-12,15H,3-4,13-14H2,1-2H3,(H,23,26)(H,24,25). The van der Waals surface area contributed by atoms with Crippen molar-refractivity contribution in [2.45, 2.75) is 32.7 Å². The molecule has 0 bridgehead atoms. The largest absolute Gasteiger partial charge is 0.494 e. The van der Waals surface area contributed by atoms with Gasteiger partial charge in [-0.05, 0) is 49.2 Å². The number of unbranched alkanes of at least 4 members (excludes halogenated alkanes) is 1. The minimum absolute atomic E-state index is 0.0810. The van der Waals surface area contributed by atoms with Gasteiger partial charge in [0.2, 0.25) is 5.91 Å². The van der Waals surface area contributed by atoms with Crippen molar-refractivity contribution < 1.29 is 14.3 Å². The van der Waals surface area contributed by atoms with E-state index in [-0.39, 0.29) is 24.4 Å². The molecule has 0 fully saturated rings. The third kappa shape index (κ3) is 6.71. The number of carbonyl (C=O) groups excluding carboxylic acids is 2. The summed E-state index contributed by atoms with van der Waals surface area (Å²) >= 11 is 3.47. The van der Waals surface area contributed by atoms with Crippen LogP contribution in [0.15, 0.2) is 53.0 Å². The summed E-state index contributed by atoms with van der Waals surface area (Å²) in [5.41, 5.74) is 1.47. The molecule has 5 nitrogen and oxygen atoms in total. The number of ether oxygens (including phenoxy) is 1. The maximum atomic E-state index is 12.2. The van der Waals surface area contributed by atoms with Gasteiger partial charge in [0.05, 0.1) is 19.2 Å². The summed E-state index contributed by atoms with van der Waals surface area (Å²) in [6.45, 7) is 4.59. The van der Waals surface area contributed by atoms with Gasteiger partial charge in [0.1, 0.15) is 5.75 Å². The second-order valence-electron chi connectivity index (χ2n) is 6.22. The van der Waals surface area contributed by atoms with Crippen LogP contribution in [0.1, 0.15) is 48.7 Å². The molecule has 6 heteroatoms. The lowest BCUT2D eigenvalue weighted by Gasteiger charge is -2.16. The first kappa shape index (κ1) is 21.0. The Morgan fingerprint density at radius 2 is 1.81 bits per heavy atom. The van der Waals surface area contributed by atoms with Crippen molar-refractivity contribution in [3.63, 3.8) is 0 Å². The third-order valence-electron chi connectivity index (χ3n) is 4.04. The van der Waals surface area contributed by atoms with E-state index in [1.807, 2.05) is 31.2 Å². The lowest BCUT2D eigenvalue weighted by molar-refractivity contribution is -0.120. The predicted molar refractivity (Wildman–Crippen MR) is 110 cm³/mol. The summed E-state index contributed by atoms with van der Waals surface area (Å²) in [5.74, 6) is 0.199. The monoisotopic (exact) mass is 432 g/mol. The predicted octanol–water partition coefficient (Wildman–Crippen LogP) is 4.24. The van der Waals surface area contributed by atoms with Crippen LogP contribution in [0.5, 0.6) is 5.75 Å². The molecule has 0 radical (unpaired) electrons. The van der Waals surface area contributed by atoms with E-state index >= 15 is 0 Å². The van der Waals surface area contributed by atoms with Crippen LogP contribution >= 0.6 is 15.9 Å². The van der Waals surface area contributed by atoms with Gasteiger partial charge in [-0.2, -0.15) is 0 Å². The summed E-state index contributed by atoms with van der Waals surface area (Å²) in [4.78, 5) is 24.3. The third-order valence-corrected chi connectivity index (χ3v) is 4.76. The van der Waals surface area contributed by atoms with E-state index in [9.17, 15) is 9.59 Å². The molecule has 2 rings (SSSR count). The average molecular weight is 433 g/mol. The number of amides is 2. The molecule has 0 saturated carbocycles. The summed E-state index contributed by atoms with van der Waals surface area (Å²) in [7, 11) is 0. The molecule has 2 aromatic carbocycles. The van der Waals surface area contributed by atoms with E-state index in [1.54, 1.807) is 24.3 Å². The van der Waals surface area contributed by atoms with Gasteiger partial charge in [0.25, 0.3) is 5.91 Å². The van der Waals surface area contributed by atoms with Gasteiger partial charge in [0.15, 0.2) is 0 Å². The summed E-state index contributed by atoms with van der Waals surface area (Å²) in [6, 6.07) is 14.5. The van der Waals surface area contributed by atoms with Crippen LogP contribution in [0.25, 0.3) is 0 Å². The Kier molecular flexibility index (Phi) is 8.33. The van der Waals surface area contributed by atoms with Crippen molar-refractivity contribution >= 4 is 27.7 Å². The molecule has 2 aromatic rings. The molecule has 0 aliphatic carbocycles. The van der Waals surface area contributed by atoms with E-state index in [2.05, 4.69) is 33.5 Å². The molecular formula is C21H25BrN2O3. The van der Waals surface area contributed by atoms with E-state index in [0.29, 0.717) is 12.2 Å². The van der Waals surface area contributed by atoms with Gasteiger partial charge >= 0.3 is 0 Å². The topological polar surface area (TPSA) is 67.4 Å². The number of carbonyl (C=O) groups is 2. The molecule has 144 valence electrons. The second kappa shape index (κ2) is 10.7. The minimum atomic E-state index is -0.293. The quantitative estimate of drug-likeness (QED) is 0.582. The van der Waals surface area contributed by atoms with Crippen LogP contribution in [-0.4, -0.2) is 25.0 Å². The summed E-state index contributed by atoms with van der Waals surface area (Å²) in [5, 5.41) is 5.52. The average Bonchev–Trinajstić information content (AvgIpc) is 2.67. The fourth-order valence-electron chi connectivity index (χ4n) is 2.50. The maximum absolute atomic E-state index is 12.2. The lowest BCUT2D eigenvalue weighted by Crippen LogP contribution is -2.38. The Morgan fingerprint density at radius 1 is 1.11 bits per heavy atom. The first-order valence-electron chi connectivity index (χ1n) is 9.06. The zero-order valence-electron chi connectivity index (χ0n) is 15.6. The van der Waals surface area contributed by atoms with Crippen LogP contribution in [0.4, 0.5) is 0 Å². The van der Waals surface area contributed by atoms with Crippen molar-refractivity contribution in [2.24, 2.45) is 0 Å². The molecule has 2 N–H and O–H groups in total. The van der Waals surface area contributed by atoms with E-state index in [4.69, 9.17) is 4.74 Å². The molecule has 0 heterocycles. The highest BCUT2D eigenvalue weighted by Gasteiger charge is 2.13. The SMILES string of the molecule is CCCCOc1ccc(C(=O)NCC(=O)NC(C)c2ccccc2Br)cc1. The molecule has 1 atom stereocenters. The first-order chi connectivity index (χ1) is 13.0. The molecular weight excluding hydrogens is 408 g/mol. The number of benzene rings is 2. The molecule has 1 unspecified atom stereocenters. The Labute approximate surface area is 168 Å². The zero-order valence-corrected chi connectivity index (χ0v) is 17.2. The van der Waals surface area contributed by atoms with Crippen molar-refractivity contribution in [3.05, 3.63) is 64.1 Å². The Hall–Kier alpha value is -2.34. The Bertz CT molecular complexity index is 762. The van der Waals surface area contributed by atoms with Crippen LogP contribution in [-0.2, 0) is 4.79 Å². The van der Waals surface area contributed by atoms with Gasteiger partial charge in [-0.15, -0.1) is 0 Å². The second-order valence-corrected chi connectivity index (χ2v) is 7.07. The van der Waals surface area contributed by atoms with Crippen LogP contribution in [0.3, 0.4) is 0 Å². The van der Waals surface area contributed by atoms with Crippen LogP contribution in [0.2, 0.25) is 0 Å². The normalized spacial score (nSPS) is 11.5. The number of halogens is 1. The fraction of sp³-hybridized carbons (Fsp3) is 0.333. The minimum Gasteiger partial charge on any atom is -0.494 e. The number of hydrogen-bond donors (Lipinski definition) is 2. The molecule has 2 amide bonds. The van der Waals surface area contributed by atoms with Crippen molar-refractivity contribution in [1.29, 1.82) is 0 Å². The van der Waals surface area contributed by atoms with Crippen LogP contribution in [0, 0.1) is 0 Å². The number of rotatable bonds is 9. The summed E-state index contributed by atoms with van der Waals surface area (Å²) < 4.78 is 6.51. The zero-order chi connectivity index (χ0) is 19.6. The number of hydrogen-bond acceptors (Lipinski definition) is 3. The smallest absolute Gasteiger partial charge is 0.251 e. The van der Waals surface area contributed by atoms with E-state index in [1.165, 1.54) is 0 Å². The Morgan fingerprint density at radius 3 is 2.48 bits per heavy atom. The summed E-state index contributed by atoms with van der Waals surface area (Å²) in [6.07, 6.45) is 2.07. The molecule has 27 heavy (non-hydrogen) atoms. The van der Waals surface area contributed by atoms with Gasteiger partial charge in [-0.1, -0.05) is 47.5 Å². The lowest BCUT2D eigenvalue weighted by atomic mass is 10.1. The molecule has 0 spiro atoms. The van der Waals surface area contributed by atoms with E-state index < -0.39 is 0 Å². The highest BCUT2D eigenvalue weighted by atomic mass is 79.9. The first-order valence-corrected chi connectivity index (χ1v) is 9.85. The van der Waals surface area contributed by atoms with Gasteiger partial charge in [0, 0.05) is 10.0 Å². The van der Waals surface area contributed by atoms with Crippen molar-refractivity contribution in [3.8, 4) is 5.75 Å². The molecule has 0 aliphatic heterocycles. The Balaban J connectivity index is 1.80.